The summed E-state index contributed by atoms with van der Waals surface area (Å²) >= 11 is 0. The molecule has 0 radical (unpaired) electrons. The van der Waals surface area contributed by atoms with E-state index in [1.165, 1.54) is 11.1 Å². The normalized spacial score (nSPS) is 20.9. The number of hydrogen-bond donors (Lipinski definition) is 2. The molecule has 1 aromatic carbocycles. The van der Waals surface area contributed by atoms with Crippen LogP contribution in [-0.4, -0.2) is 6.54 Å². The van der Waals surface area contributed by atoms with Gasteiger partial charge in [-0.1, -0.05) is 12.1 Å². The fourth-order valence-electron chi connectivity index (χ4n) is 1.93. The van der Waals surface area contributed by atoms with Crippen LogP contribution in [0.25, 0.3) is 0 Å². The second kappa shape index (κ2) is 2.79. The number of nitrogens with two attached hydrogens (primary N) is 2. The average Bonchev–Trinajstić information content (AvgIpc) is 2.49. The third kappa shape index (κ3) is 1.08. The second-order valence-corrected chi connectivity index (χ2v) is 3.49. The number of anilines is 1. The standard InChI is InChI=1S/C10H14N2/c11-6-7-4-8-2-1-3-10(12)9(8)5-7/h1-3,7H,4-6,11-12H2. The summed E-state index contributed by atoms with van der Waals surface area (Å²) in [7, 11) is 0. The summed E-state index contributed by atoms with van der Waals surface area (Å²) in [5.41, 5.74) is 15.1. The lowest BCUT2D eigenvalue weighted by Gasteiger charge is -2.02. The minimum atomic E-state index is 0.615. The summed E-state index contributed by atoms with van der Waals surface area (Å²) in [5.74, 6) is 0.615. The summed E-state index contributed by atoms with van der Waals surface area (Å²) in [6, 6.07) is 6.14. The zero-order chi connectivity index (χ0) is 8.55. The molecule has 12 heavy (non-hydrogen) atoms. The first-order valence-corrected chi connectivity index (χ1v) is 4.37. The van der Waals surface area contributed by atoms with Gasteiger partial charge in [0.25, 0.3) is 0 Å². The Kier molecular flexibility index (Phi) is 1.77. The fourth-order valence-corrected chi connectivity index (χ4v) is 1.93. The maximum absolute atomic E-state index is 5.85. The summed E-state index contributed by atoms with van der Waals surface area (Å²) in [5, 5.41) is 0. The quantitative estimate of drug-likeness (QED) is 0.604. The molecule has 0 saturated carbocycles. The van der Waals surface area contributed by atoms with Crippen molar-refractivity contribution in [2.75, 3.05) is 12.3 Å². The van der Waals surface area contributed by atoms with E-state index in [0.717, 1.165) is 25.1 Å². The summed E-state index contributed by atoms with van der Waals surface area (Å²) in [6.45, 7) is 0.772. The Morgan fingerprint density at radius 2 is 2.17 bits per heavy atom. The van der Waals surface area contributed by atoms with Gasteiger partial charge >= 0.3 is 0 Å². The molecule has 2 heteroatoms. The van der Waals surface area contributed by atoms with E-state index in [9.17, 15) is 0 Å². The van der Waals surface area contributed by atoms with Gasteiger partial charge in [0.05, 0.1) is 0 Å². The van der Waals surface area contributed by atoms with Crippen LogP contribution in [0.1, 0.15) is 11.1 Å². The largest absolute Gasteiger partial charge is 0.398 e. The highest BCUT2D eigenvalue weighted by Gasteiger charge is 2.21. The highest BCUT2D eigenvalue weighted by atomic mass is 14.6. The molecule has 1 unspecified atom stereocenters. The van der Waals surface area contributed by atoms with Crippen molar-refractivity contribution in [3.8, 4) is 0 Å². The van der Waals surface area contributed by atoms with Gasteiger partial charge in [0.1, 0.15) is 0 Å². The number of hydrogen-bond acceptors (Lipinski definition) is 2. The predicted octanol–water partition coefficient (Wildman–Crippen LogP) is 0.942. The second-order valence-electron chi connectivity index (χ2n) is 3.49. The lowest BCUT2D eigenvalue weighted by molar-refractivity contribution is 0.575. The van der Waals surface area contributed by atoms with Crippen LogP contribution >= 0.6 is 0 Å². The molecular formula is C10H14N2. The van der Waals surface area contributed by atoms with Gasteiger partial charge in [0.15, 0.2) is 0 Å². The monoisotopic (exact) mass is 162 g/mol. The molecule has 0 aliphatic heterocycles. The van der Waals surface area contributed by atoms with E-state index < -0.39 is 0 Å². The minimum absolute atomic E-state index is 0.615. The van der Waals surface area contributed by atoms with Gasteiger partial charge in [0, 0.05) is 5.69 Å². The highest BCUT2D eigenvalue weighted by molar-refractivity contribution is 5.53. The van der Waals surface area contributed by atoms with Crippen LogP contribution in [0.3, 0.4) is 0 Å². The first kappa shape index (κ1) is 7.62. The highest BCUT2D eigenvalue weighted by Crippen LogP contribution is 2.29. The summed E-state index contributed by atoms with van der Waals surface area (Å²) in [6.07, 6.45) is 2.18. The Labute approximate surface area is 72.6 Å². The van der Waals surface area contributed by atoms with E-state index in [4.69, 9.17) is 11.5 Å². The van der Waals surface area contributed by atoms with Crippen LogP contribution in [0, 0.1) is 5.92 Å². The molecule has 0 aromatic heterocycles. The van der Waals surface area contributed by atoms with Crippen molar-refractivity contribution in [3.05, 3.63) is 29.3 Å². The SMILES string of the molecule is NCC1Cc2cccc(N)c2C1. The number of nitrogen functional groups attached to an aromatic ring is 1. The van der Waals surface area contributed by atoms with E-state index in [2.05, 4.69) is 6.07 Å². The molecule has 0 bridgehead atoms. The predicted molar refractivity (Wildman–Crippen MR) is 50.8 cm³/mol. The van der Waals surface area contributed by atoms with Crippen LogP contribution in [0.2, 0.25) is 0 Å². The van der Waals surface area contributed by atoms with Crippen molar-refractivity contribution < 1.29 is 0 Å². The molecular weight excluding hydrogens is 148 g/mol. The maximum Gasteiger partial charge on any atom is 0.0349 e. The molecule has 2 rings (SSSR count). The van der Waals surface area contributed by atoms with Gasteiger partial charge in [0.2, 0.25) is 0 Å². The van der Waals surface area contributed by atoms with Gasteiger partial charge in [-0.15, -0.1) is 0 Å². The molecule has 0 amide bonds. The number of fused-ring (bicyclic) bond motifs is 1. The molecule has 64 valence electrons. The Hall–Kier alpha value is -1.02. The summed E-state index contributed by atoms with van der Waals surface area (Å²) in [4.78, 5) is 0. The minimum Gasteiger partial charge on any atom is -0.398 e. The zero-order valence-corrected chi connectivity index (χ0v) is 7.09. The lowest BCUT2D eigenvalue weighted by atomic mass is 10.1. The van der Waals surface area contributed by atoms with Gasteiger partial charge in [-0.3, -0.25) is 0 Å². The number of benzene rings is 1. The molecule has 1 aliphatic rings. The van der Waals surface area contributed by atoms with Crippen molar-refractivity contribution in [2.45, 2.75) is 12.8 Å². The summed E-state index contributed by atoms with van der Waals surface area (Å²) < 4.78 is 0. The van der Waals surface area contributed by atoms with Crippen LogP contribution in [0.4, 0.5) is 5.69 Å². The van der Waals surface area contributed by atoms with Gasteiger partial charge in [-0.25, -0.2) is 0 Å². The Balaban J connectivity index is 2.35. The fraction of sp³-hybridized carbons (Fsp3) is 0.400. The van der Waals surface area contributed by atoms with E-state index in [-0.39, 0.29) is 0 Å². The molecule has 4 N–H and O–H groups in total. The van der Waals surface area contributed by atoms with Gasteiger partial charge < -0.3 is 11.5 Å². The molecule has 0 saturated heterocycles. The van der Waals surface area contributed by atoms with Crippen molar-refractivity contribution in [1.29, 1.82) is 0 Å². The van der Waals surface area contributed by atoms with Crippen LogP contribution < -0.4 is 11.5 Å². The molecule has 0 heterocycles. The van der Waals surface area contributed by atoms with E-state index in [1.807, 2.05) is 12.1 Å². The molecule has 1 aromatic rings. The zero-order valence-electron chi connectivity index (χ0n) is 7.09. The van der Waals surface area contributed by atoms with Gasteiger partial charge in [-0.2, -0.15) is 0 Å². The lowest BCUT2D eigenvalue weighted by Crippen LogP contribution is -2.13. The maximum atomic E-state index is 5.85. The topological polar surface area (TPSA) is 52.0 Å². The molecule has 1 atom stereocenters. The van der Waals surface area contributed by atoms with Crippen LogP contribution in [-0.2, 0) is 12.8 Å². The van der Waals surface area contributed by atoms with E-state index >= 15 is 0 Å². The molecule has 0 spiro atoms. The average molecular weight is 162 g/mol. The van der Waals surface area contributed by atoms with E-state index in [1.54, 1.807) is 0 Å². The van der Waals surface area contributed by atoms with Crippen molar-refractivity contribution >= 4 is 5.69 Å². The van der Waals surface area contributed by atoms with Crippen molar-refractivity contribution in [3.63, 3.8) is 0 Å². The first-order chi connectivity index (χ1) is 5.81. The third-order valence-electron chi connectivity index (χ3n) is 2.64. The Morgan fingerprint density at radius 1 is 1.33 bits per heavy atom. The molecule has 2 nitrogen and oxygen atoms in total. The Morgan fingerprint density at radius 3 is 2.83 bits per heavy atom. The smallest absolute Gasteiger partial charge is 0.0349 e. The first-order valence-electron chi connectivity index (χ1n) is 4.37. The van der Waals surface area contributed by atoms with Crippen LogP contribution in [0.5, 0.6) is 0 Å². The Bertz CT molecular complexity index is 294. The van der Waals surface area contributed by atoms with Crippen LogP contribution in [0.15, 0.2) is 18.2 Å². The number of rotatable bonds is 1. The molecule has 1 aliphatic carbocycles. The van der Waals surface area contributed by atoms with Gasteiger partial charge in [-0.05, 0) is 42.5 Å². The van der Waals surface area contributed by atoms with Crippen molar-refractivity contribution in [1.82, 2.24) is 0 Å². The van der Waals surface area contributed by atoms with E-state index in [0.29, 0.717) is 5.92 Å². The third-order valence-corrected chi connectivity index (χ3v) is 2.64. The van der Waals surface area contributed by atoms with Crippen molar-refractivity contribution in [2.24, 2.45) is 11.7 Å². The molecule has 0 fully saturated rings.